The Morgan fingerprint density at radius 3 is 1.18 bits per heavy atom. The summed E-state index contributed by atoms with van der Waals surface area (Å²) in [5.74, 6) is -6.95. The Hall–Kier alpha value is -6.30. The van der Waals surface area contributed by atoms with Gasteiger partial charge in [-0.25, -0.2) is 28.8 Å². The maximum atomic E-state index is 13.2. The van der Waals surface area contributed by atoms with Crippen LogP contribution in [0, 0.1) is 27.7 Å². The number of benzene rings is 4. The number of unbranched alkanes of at least 4 members (excludes halogenated alkanes) is 5. The van der Waals surface area contributed by atoms with Gasteiger partial charge in [0.15, 0.2) is 0 Å². The second kappa shape index (κ2) is 17.9. The molecule has 0 atom stereocenters. The SMILES string of the molecule is CCCCCCCCC(C)(c1cc(C)c(OC(=O)c2ccc(C(=O)O)c(C(=O)O)c2)c(C)c1)c1cc(C)c(OC(=O)c2ccc(C(=O)O)c(C(=O)O)c2)c(C)c1. The lowest BCUT2D eigenvalue weighted by Crippen LogP contribution is -2.25. The molecule has 0 saturated heterocycles. The van der Waals surface area contributed by atoms with E-state index >= 15 is 0 Å². The number of ether oxygens (including phenoxy) is 2. The number of carbonyl (C=O) groups excluding carboxylic acids is 2. The molecular weight excluding hydrogens is 720 g/mol. The Morgan fingerprint density at radius 2 is 0.839 bits per heavy atom. The van der Waals surface area contributed by atoms with E-state index < -0.39 is 63.5 Å². The van der Waals surface area contributed by atoms with E-state index in [0.717, 1.165) is 80.3 Å². The maximum absolute atomic E-state index is 13.2. The maximum Gasteiger partial charge on any atom is 0.343 e. The summed E-state index contributed by atoms with van der Waals surface area (Å²) in [6, 6.07) is 14.3. The molecule has 4 aromatic rings. The van der Waals surface area contributed by atoms with Crippen LogP contribution in [0.1, 0.15) is 154 Å². The Balaban J connectivity index is 1.70. The molecule has 0 aliphatic rings. The van der Waals surface area contributed by atoms with Crippen molar-refractivity contribution in [3.05, 3.63) is 127 Å². The van der Waals surface area contributed by atoms with Crippen LogP contribution in [0.5, 0.6) is 11.5 Å². The minimum Gasteiger partial charge on any atom is -0.478 e. The van der Waals surface area contributed by atoms with E-state index in [9.17, 15) is 49.2 Å². The van der Waals surface area contributed by atoms with Gasteiger partial charge in [0.1, 0.15) is 11.5 Å². The third-order valence-corrected chi connectivity index (χ3v) is 10.0. The van der Waals surface area contributed by atoms with Crippen LogP contribution in [0.15, 0.2) is 60.7 Å². The number of esters is 2. The van der Waals surface area contributed by atoms with E-state index in [-0.39, 0.29) is 22.6 Å². The molecule has 0 aliphatic heterocycles. The van der Waals surface area contributed by atoms with Crippen molar-refractivity contribution in [3.8, 4) is 11.5 Å². The van der Waals surface area contributed by atoms with E-state index in [4.69, 9.17) is 9.47 Å². The highest BCUT2D eigenvalue weighted by molar-refractivity contribution is 6.05. The zero-order chi connectivity index (χ0) is 41.5. The Kier molecular flexibility index (Phi) is 13.6. The summed E-state index contributed by atoms with van der Waals surface area (Å²) in [6.45, 7) is 11.5. The molecule has 0 radical (unpaired) electrons. The second-order valence-electron chi connectivity index (χ2n) is 14.2. The lowest BCUT2D eigenvalue weighted by Gasteiger charge is -2.33. The van der Waals surface area contributed by atoms with Gasteiger partial charge in [-0.05, 0) is 104 Å². The van der Waals surface area contributed by atoms with Crippen molar-refractivity contribution in [1.29, 1.82) is 0 Å². The predicted molar refractivity (Wildman–Crippen MR) is 207 cm³/mol. The number of aromatic carboxylic acids is 4. The molecule has 4 rings (SSSR count). The van der Waals surface area contributed by atoms with Crippen LogP contribution < -0.4 is 9.47 Å². The molecule has 0 spiro atoms. The number of carboxylic acids is 4. The van der Waals surface area contributed by atoms with E-state index in [1.807, 2.05) is 24.3 Å². The van der Waals surface area contributed by atoms with Crippen LogP contribution in [0.3, 0.4) is 0 Å². The molecule has 12 nitrogen and oxygen atoms in total. The Labute approximate surface area is 324 Å². The van der Waals surface area contributed by atoms with Crippen molar-refractivity contribution in [2.45, 2.75) is 91.9 Å². The molecule has 0 amide bonds. The highest BCUT2D eigenvalue weighted by Crippen LogP contribution is 2.42. The Morgan fingerprint density at radius 1 is 0.500 bits per heavy atom. The molecule has 0 aliphatic carbocycles. The van der Waals surface area contributed by atoms with Gasteiger partial charge in [0, 0.05) is 5.41 Å². The first-order valence-corrected chi connectivity index (χ1v) is 18.3. The largest absolute Gasteiger partial charge is 0.478 e. The summed E-state index contributed by atoms with van der Waals surface area (Å²) in [7, 11) is 0. The van der Waals surface area contributed by atoms with Crippen LogP contribution in [0.25, 0.3) is 0 Å². The highest BCUT2D eigenvalue weighted by atomic mass is 16.5. The molecule has 0 heterocycles. The molecule has 0 unspecified atom stereocenters. The number of hydrogen-bond donors (Lipinski definition) is 4. The predicted octanol–water partition coefficient (Wildman–Crippen LogP) is 9.21. The average Bonchev–Trinajstić information content (AvgIpc) is 3.14. The summed E-state index contributed by atoms with van der Waals surface area (Å²) in [5, 5.41) is 37.8. The van der Waals surface area contributed by atoms with Crippen molar-refractivity contribution in [2.75, 3.05) is 0 Å². The van der Waals surface area contributed by atoms with Gasteiger partial charge in [0.25, 0.3) is 0 Å². The van der Waals surface area contributed by atoms with Gasteiger partial charge in [0.05, 0.1) is 33.4 Å². The van der Waals surface area contributed by atoms with Crippen molar-refractivity contribution >= 4 is 35.8 Å². The number of rotatable bonds is 17. The summed E-state index contributed by atoms with van der Waals surface area (Å²) in [5.41, 5.74) is 1.73. The molecular formula is C44H46O12. The fourth-order valence-electron chi connectivity index (χ4n) is 6.95. The topological polar surface area (TPSA) is 202 Å². The standard InChI is InChI=1S/C44H46O12/c1-7-8-9-10-11-12-17-44(6,30-18-24(2)36(25(3)19-30)55-42(53)28-13-15-32(38(45)46)34(22-28)40(49)50)31-20-26(4)37(27(5)21-31)56-43(54)29-14-16-33(39(47)48)35(23-29)41(51)52/h13-16,18-23H,7-12,17H2,1-6H3,(H,45,46)(H,47,48)(H,49,50)(H,51,52). The minimum atomic E-state index is -1.49. The summed E-state index contributed by atoms with van der Waals surface area (Å²) < 4.78 is 11.6. The fraction of sp³-hybridized carbons (Fsp3) is 0.318. The van der Waals surface area contributed by atoms with Gasteiger partial charge in [0.2, 0.25) is 0 Å². The number of carboxylic acid groups (broad SMARTS) is 4. The molecule has 294 valence electrons. The molecule has 0 bridgehead atoms. The summed E-state index contributed by atoms with van der Waals surface area (Å²) in [6.07, 6.45) is 7.23. The number of hydrogen-bond acceptors (Lipinski definition) is 8. The van der Waals surface area contributed by atoms with Crippen LogP contribution in [0.4, 0.5) is 0 Å². The van der Waals surface area contributed by atoms with E-state index in [2.05, 4.69) is 13.8 Å². The van der Waals surface area contributed by atoms with Crippen LogP contribution in [-0.2, 0) is 5.41 Å². The van der Waals surface area contributed by atoms with Crippen LogP contribution in [-0.4, -0.2) is 56.2 Å². The second-order valence-corrected chi connectivity index (χ2v) is 14.2. The zero-order valence-electron chi connectivity index (χ0n) is 32.3. The molecule has 4 N–H and O–H groups in total. The summed E-state index contributed by atoms with van der Waals surface area (Å²) >= 11 is 0. The molecule has 56 heavy (non-hydrogen) atoms. The average molecular weight is 767 g/mol. The highest BCUT2D eigenvalue weighted by Gasteiger charge is 2.32. The monoisotopic (exact) mass is 766 g/mol. The lowest BCUT2D eigenvalue weighted by molar-refractivity contribution is 0.0650. The number of aryl methyl sites for hydroxylation is 4. The van der Waals surface area contributed by atoms with E-state index in [0.29, 0.717) is 22.3 Å². The van der Waals surface area contributed by atoms with Gasteiger partial charge >= 0.3 is 35.8 Å². The minimum absolute atomic E-state index is 0.116. The van der Waals surface area contributed by atoms with Crippen LogP contribution >= 0.6 is 0 Å². The first kappa shape index (κ1) is 42.4. The van der Waals surface area contributed by atoms with Gasteiger partial charge in [-0.3, -0.25) is 0 Å². The van der Waals surface area contributed by atoms with Gasteiger partial charge in [-0.2, -0.15) is 0 Å². The van der Waals surface area contributed by atoms with Crippen molar-refractivity contribution in [1.82, 2.24) is 0 Å². The third kappa shape index (κ3) is 9.49. The van der Waals surface area contributed by atoms with Gasteiger partial charge in [-0.1, -0.05) is 76.6 Å². The van der Waals surface area contributed by atoms with Gasteiger partial charge in [-0.15, -0.1) is 0 Å². The van der Waals surface area contributed by atoms with Gasteiger partial charge < -0.3 is 29.9 Å². The normalized spacial score (nSPS) is 11.2. The van der Waals surface area contributed by atoms with Crippen molar-refractivity contribution in [3.63, 3.8) is 0 Å². The molecule has 0 saturated carbocycles. The smallest absolute Gasteiger partial charge is 0.343 e. The third-order valence-electron chi connectivity index (χ3n) is 10.0. The quantitative estimate of drug-likeness (QED) is 0.0451. The summed E-state index contributed by atoms with van der Waals surface area (Å²) in [4.78, 5) is 72.9. The Bertz CT molecular complexity index is 2020. The molecule has 0 aromatic heterocycles. The first-order valence-electron chi connectivity index (χ1n) is 18.3. The van der Waals surface area contributed by atoms with Crippen molar-refractivity contribution in [2.24, 2.45) is 0 Å². The van der Waals surface area contributed by atoms with Crippen LogP contribution in [0.2, 0.25) is 0 Å². The molecule has 12 heteroatoms. The molecule has 0 fully saturated rings. The van der Waals surface area contributed by atoms with E-state index in [1.165, 1.54) is 12.1 Å². The fourth-order valence-corrected chi connectivity index (χ4v) is 6.95. The van der Waals surface area contributed by atoms with Crippen molar-refractivity contribution < 1.29 is 58.7 Å². The lowest BCUT2D eigenvalue weighted by atomic mass is 9.71. The van der Waals surface area contributed by atoms with E-state index in [1.54, 1.807) is 27.7 Å². The molecule has 4 aromatic carbocycles. The first-order chi connectivity index (χ1) is 26.4. The number of carbonyl (C=O) groups is 6. The zero-order valence-corrected chi connectivity index (χ0v) is 32.3.